The second-order valence-electron chi connectivity index (χ2n) is 5.36. The molecule has 0 saturated heterocycles. The van der Waals surface area contributed by atoms with Crippen molar-refractivity contribution in [3.63, 3.8) is 0 Å². The van der Waals surface area contributed by atoms with Gasteiger partial charge >= 0.3 is 6.18 Å². The summed E-state index contributed by atoms with van der Waals surface area (Å²) >= 11 is 0. The molecule has 0 aliphatic rings. The Bertz CT molecular complexity index is 588. The van der Waals surface area contributed by atoms with Gasteiger partial charge in [-0.25, -0.2) is 4.98 Å². The molecule has 0 spiro atoms. The van der Waals surface area contributed by atoms with Crippen molar-refractivity contribution in [3.8, 4) is 11.4 Å². The third kappa shape index (κ3) is 4.32. The van der Waals surface area contributed by atoms with E-state index in [1.165, 1.54) is 6.07 Å². The number of aromatic nitrogens is 2. The second-order valence-corrected chi connectivity index (χ2v) is 5.36. The van der Waals surface area contributed by atoms with Gasteiger partial charge in [0.15, 0.2) is 0 Å². The summed E-state index contributed by atoms with van der Waals surface area (Å²) in [5.41, 5.74) is 0.610. The summed E-state index contributed by atoms with van der Waals surface area (Å²) in [6.45, 7) is 5.70. The molecule has 0 atom stereocenters. The SMILES string of the molecule is CC(C)CNCc1cnc(-c2cccc(C(F)(F)F)c2)[nH]1. The fraction of sp³-hybridized carbons (Fsp3) is 0.400. The van der Waals surface area contributed by atoms with Gasteiger partial charge in [-0.05, 0) is 24.6 Å². The Labute approximate surface area is 121 Å². The van der Waals surface area contributed by atoms with Crippen LogP contribution in [0.1, 0.15) is 25.1 Å². The predicted octanol–water partition coefficient (Wildman–Crippen LogP) is 3.84. The van der Waals surface area contributed by atoms with E-state index in [0.717, 1.165) is 24.4 Å². The van der Waals surface area contributed by atoms with Gasteiger partial charge in [0.2, 0.25) is 0 Å². The van der Waals surface area contributed by atoms with Gasteiger partial charge in [-0.1, -0.05) is 26.0 Å². The highest BCUT2D eigenvalue weighted by molar-refractivity contribution is 5.56. The molecule has 6 heteroatoms. The standard InChI is InChI=1S/C15H18F3N3/c1-10(2)7-19-8-13-9-20-14(21-13)11-4-3-5-12(6-11)15(16,17)18/h3-6,9-10,19H,7-8H2,1-2H3,(H,20,21). The molecule has 2 rings (SSSR count). The third-order valence-electron chi connectivity index (χ3n) is 2.96. The van der Waals surface area contributed by atoms with Gasteiger partial charge in [-0.3, -0.25) is 0 Å². The molecule has 2 N–H and O–H groups in total. The maximum atomic E-state index is 12.7. The molecule has 0 aliphatic carbocycles. The highest BCUT2D eigenvalue weighted by atomic mass is 19.4. The highest BCUT2D eigenvalue weighted by Gasteiger charge is 2.30. The Kier molecular flexibility index (Phi) is 4.67. The molecular formula is C15H18F3N3. The van der Waals surface area contributed by atoms with Crippen LogP contribution in [0.25, 0.3) is 11.4 Å². The number of alkyl halides is 3. The summed E-state index contributed by atoms with van der Waals surface area (Å²) in [6, 6.07) is 5.15. The van der Waals surface area contributed by atoms with Gasteiger partial charge in [-0.15, -0.1) is 0 Å². The van der Waals surface area contributed by atoms with E-state index in [2.05, 4.69) is 29.1 Å². The summed E-state index contributed by atoms with van der Waals surface area (Å²) in [5.74, 6) is 0.985. The third-order valence-corrected chi connectivity index (χ3v) is 2.96. The van der Waals surface area contributed by atoms with Crippen molar-refractivity contribution in [2.24, 2.45) is 5.92 Å². The number of imidazole rings is 1. The van der Waals surface area contributed by atoms with Crippen LogP contribution in [0.5, 0.6) is 0 Å². The maximum Gasteiger partial charge on any atom is 0.416 e. The zero-order chi connectivity index (χ0) is 15.5. The van der Waals surface area contributed by atoms with E-state index in [1.807, 2.05) is 0 Å². The van der Waals surface area contributed by atoms with Crippen molar-refractivity contribution in [3.05, 3.63) is 41.7 Å². The number of hydrogen-bond acceptors (Lipinski definition) is 2. The Morgan fingerprint density at radius 1 is 1.29 bits per heavy atom. The van der Waals surface area contributed by atoms with Gasteiger partial charge in [-0.2, -0.15) is 13.2 Å². The minimum Gasteiger partial charge on any atom is -0.341 e. The zero-order valence-corrected chi connectivity index (χ0v) is 12.0. The first kappa shape index (κ1) is 15.6. The van der Waals surface area contributed by atoms with Gasteiger partial charge in [0.25, 0.3) is 0 Å². The first-order valence-corrected chi connectivity index (χ1v) is 6.78. The fourth-order valence-corrected chi connectivity index (χ4v) is 1.93. The Morgan fingerprint density at radius 3 is 2.71 bits per heavy atom. The monoisotopic (exact) mass is 297 g/mol. The van der Waals surface area contributed by atoms with Crippen LogP contribution in [0.4, 0.5) is 13.2 Å². The molecule has 0 saturated carbocycles. The molecule has 1 heterocycles. The second kappa shape index (κ2) is 6.30. The zero-order valence-electron chi connectivity index (χ0n) is 12.0. The first-order chi connectivity index (χ1) is 9.86. The molecule has 3 nitrogen and oxygen atoms in total. The van der Waals surface area contributed by atoms with Crippen molar-refractivity contribution in [2.45, 2.75) is 26.6 Å². The lowest BCUT2D eigenvalue weighted by Crippen LogP contribution is -2.19. The lowest BCUT2D eigenvalue weighted by atomic mass is 10.1. The molecule has 114 valence electrons. The Hall–Kier alpha value is -1.82. The van der Waals surface area contributed by atoms with Crippen LogP contribution in [-0.4, -0.2) is 16.5 Å². The molecule has 0 aliphatic heterocycles. The maximum absolute atomic E-state index is 12.7. The van der Waals surface area contributed by atoms with E-state index in [1.54, 1.807) is 12.3 Å². The summed E-state index contributed by atoms with van der Waals surface area (Å²) in [4.78, 5) is 7.19. The van der Waals surface area contributed by atoms with Crippen LogP contribution >= 0.6 is 0 Å². The number of rotatable bonds is 5. The molecule has 1 aromatic heterocycles. The summed E-state index contributed by atoms with van der Waals surface area (Å²) in [5, 5.41) is 3.25. The van der Waals surface area contributed by atoms with Crippen LogP contribution < -0.4 is 5.32 Å². The van der Waals surface area contributed by atoms with E-state index in [0.29, 0.717) is 23.9 Å². The topological polar surface area (TPSA) is 40.7 Å². The molecule has 2 aromatic rings. The number of halogens is 3. The van der Waals surface area contributed by atoms with E-state index in [9.17, 15) is 13.2 Å². The van der Waals surface area contributed by atoms with Crippen LogP contribution in [-0.2, 0) is 12.7 Å². The van der Waals surface area contributed by atoms with Crippen LogP contribution in [0.15, 0.2) is 30.5 Å². The highest BCUT2D eigenvalue weighted by Crippen LogP contribution is 2.31. The number of nitrogens with one attached hydrogen (secondary N) is 2. The molecule has 0 unspecified atom stereocenters. The van der Waals surface area contributed by atoms with Gasteiger partial charge in [0.05, 0.1) is 5.56 Å². The summed E-state index contributed by atoms with van der Waals surface area (Å²) in [6.07, 6.45) is -2.70. The van der Waals surface area contributed by atoms with Gasteiger partial charge in [0, 0.05) is 24.0 Å². The van der Waals surface area contributed by atoms with Crippen LogP contribution in [0.3, 0.4) is 0 Å². The van der Waals surface area contributed by atoms with Crippen molar-refractivity contribution < 1.29 is 13.2 Å². The number of nitrogens with zero attached hydrogens (tertiary/aromatic N) is 1. The molecule has 0 amide bonds. The number of aromatic amines is 1. The minimum atomic E-state index is -4.34. The van der Waals surface area contributed by atoms with Crippen molar-refractivity contribution >= 4 is 0 Å². The predicted molar refractivity (Wildman–Crippen MR) is 75.6 cm³/mol. The number of hydrogen-bond donors (Lipinski definition) is 2. The lowest BCUT2D eigenvalue weighted by molar-refractivity contribution is -0.137. The lowest BCUT2D eigenvalue weighted by Gasteiger charge is -2.07. The molecule has 1 aromatic carbocycles. The normalized spacial score (nSPS) is 12.1. The number of benzene rings is 1. The van der Waals surface area contributed by atoms with E-state index in [-0.39, 0.29) is 0 Å². The minimum absolute atomic E-state index is 0.430. The van der Waals surface area contributed by atoms with Crippen molar-refractivity contribution in [1.29, 1.82) is 0 Å². The Balaban J connectivity index is 2.11. The Morgan fingerprint density at radius 2 is 2.05 bits per heavy atom. The molecular weight excluding hydrogens is 279 g/mol. The van der Waals surface area contributed by atoms with E-state index in [4.69, 9.17) is 0 Å². The average Bonchev–Trinajstić information content (AvgIpc) is 2.86. The van der Waals surface area contributed by atoms with E-state index >= 15 is 0 Å². The fourth-order valence-electron chi connectivity index (χ4n) is 1.93. The van der Waals surface area contributed by atoms with Crippen molar-refractivity contribution in [1.82, 2.24) is 15.3 Å². The number of H-pyrrole nitrogens is 1. The quantitative estimate of drug-likeness (QED) is 0.880. The van der Waals surface area contributed by atoms with Crippen molar-refractivity contribution in [2.75, 3.05) is 6.54 Å². The summed E-state index contributed by atoms with van der Waals surface area (Å²) < 4.78 is 38.1. The van der Waals surface area contributed by atoms with Crippen LogP contribution in [0.2, 0.25) is 0 Å². The molecule has 0 radical (unpaired) electrons. The van der Waals surface area contributed by atoms with Gasteiger partial charge < -0.3 is 10.3 Å². The molecule has 21 heavy (non-hydrogen) atoms. The van der Waals surface area contributed by atoms with E-state index < -0.39 is 11.7 Å². The molecule has 0 fully saturated rings. The first-order valence-electron chi connectivity index (χ1n) is 6.78. The largest absolute Gasteiger partial charge is 0.416 e. The van der Waals surface area contributed by atoms with Crippen LogP contribution in [0, 0.1) is 5.92 Å². The average molecular weight is 297 g/mol. The smallest absolute Gasteiger partial charge is 0.341 e. The van der Waals surface area contributed by atoms with Gasteiger partial charge in [0.1, 0.15) is 5.82 Å². The molecule has 0 bridgehead atoms. The summed E-state index contributed by atoms with van der Waals surface area (Å²) in [7, 11) is 0.